The molecule has 0 unspecified atom stereocenters. The van der Waals surface area contributed by atoms with Crippen molar-refractivity contribution >= 4 is 11.8 Å². The number of rotatable bonds is 5. The highest BCUT2D eigenvalue weighted by molar-refractivity contribution is 5.78. The molecule has 1 heterocycles. The zero-order valence-electron chi connectivity index (χ0n) is 16.4. The first-order valence-electron chi connectivity index (χ1n) is 10.6. The minimum atomic E-state index is 0.202. The molecule has 3 fully saturated rings. The highest BCUT2D eigenvalue weighted by atomic mass is 16.2. The third kappa shape index (κ3) is 4.97. The standard InChI is InChI=1S/C20H36N4O2/c1-22(17-7-3-2-4-8-17)20(26)15-23-10-12-24(13-11-23)19(25)14-16-6-5-9-18(16)21/h16-18H,2-15,21H2,1H3/t16-,18+/m0/s1. The molecule has 0 radical (unpaired) electrons. The number of nitrogens with zero attached hydrogens (tertiary/aromatic N) is 3. The van der Waals surface area contributed by atoms with Crippen LogP contribution in [0.25, 0.3) is 0 Å². The molecule has 2 aliphatic carbocycles. The first-order valence-corrected chi connectivity index (χ1v) is 10.6. The van der Waals surface area contributed by atoms with Crippen molar-refractivity contribution in [2.45, 2.75) is 69.9 Å². The molecule has 3 aliphatic rings. The van der Waals surface area contributed by atoms with Gasteiger partial charge in [-0.15, -0.1) is 0 Å². The van der Waals surface area contributed by atoms with Crippen molar-refractivity contribution in [2.75, 3.05) is 39.8 Å². The van der Waals surface area contributed by atoms with E-state index in [1.165, 1.54) is 19.3 Å². The lowest BCUT2D eigenvalue weighted by Gasteiger charge is -2.37. The molecule has 2 atom stereocenters. The molecule has 0 aromatic heterocycles. The molecule has 0 spiro atoms. The summed E-state index contributed by atoms with van der Waals surface area (Å²) in [4.78, 5) is 31.2. The van der Waals surface area contributed by atoms with E-state index in [0.717, 1.165) is 58.3 Å². The van der Waals surface area contributed by atoms with Crippen LogP contribution < -0.4 is 5.73 Å². The number of likely N-dealkylation sites (N-methyl/N-ethyl adjacent to an activating group) is 1. The fourth-order valence-electron chi connectivity index (χ4n) is 4.80. The maximum atomic E-state index is 12.6. The zero-order valence-corrected chi connectivity index (χ0v) is 16.4. The zero-order chi connectivity index (χ0) is 18.5. The average molecular weight is 365 g/mol. The number of carbonyl (C=O) groups is 2. The number of hydrogen-bond acceptors (Lipinski definition) is 4. The van der Waals surface area contributed by atoms with Crippen LogP contribution in [0.1, 0.15) is 57.8 Å². The molecule has 6 nitrogen and oxygen atoms in total. The molecule has 0 bridgehead atoms. The molecule has 3 rings (SSSR count). The summed E-state index contributed by atoms with van der Waals surface area (Å²) in [7, 11) is 1.96. The van der Waals surface area contributed by atoms with Crippen LogP contribution in [-0.2, 0) is 9.59 Å². The predicted octanol–water partition coefficient (Wildman–Crippen LogP) is 1.44. The molecular formula is C20H36N4O2. The minimum Gasteiger partial charge on any atom is -0.342 e. The second-order valence-corrected chi connectivity index (χ2v) is 8.51. The average Bonchev–Trinajstić information content (AvgIpc) is 3.07. The Kier molecular flexibility index (Phi) is 6.92. The monoisotopic (exact) mass is 364 g/mol. The molecule has 1 saturated heterocycles. The van der Waals surface area contributed by atoms with Crippen molar-refractivity contribution < 1.29 is 9.59 Å². The van der Waals surface area contributed by atoms with Crippen LogP contribution in [0.3, 0.4) is 0 Å². The quantitative estimate of drug-likeness (QED) is 0.801. The summed E-state index contributed by atoms with van der Waals surface area (Å²) in [6.45, 7) is 3.56. The Hall–Kier alpha value is -1.14. The predicted molar refractivity (Wildman–Crippen MR) is 103 cm³/mol. The largest absolute Gasteiger partial charge is 0.342 e. The number of carbonyl (C=O) groups excluding carboxylic acids is 2. The van der Waals surface area contributed by atoms with E-state index in [9.17, 15) is 9.59 Å². The fourth-order valence-corrected chi connectivity index (χ4v) is 4.80. The minimum absolute atomic E-state index is 0.202. The van der Waals surface area contributed by atoms with E-state index in [0.29, 0.717) is 24.9 Å². The van der Waals surface area contributed by atoms with E-state index in [4.69, 9.17) is 5.73 Å². The normalized spacial score (nSPS) is 28.3. The van der Waals surface area contributed by atoms with Crippen molar-refractivity contribution in [3.8, 4) is 0 Å². The first-order chi connectivity index (χ1) is 12.5. The Morgan fingerprint density at radius 2 is 1.65 bits per heavy atom. The van der Waals surface area contributed by atoms with E-state index < -0.39 is 0 Å². The van der Waals surface area contributed by atoms with Gasteiger partial charge in [-0.05, 0) is 31.6 Å². The van der Waals surface area contributed by atoms with Gasteiger partial charge in [-0.25, -0.2) is 0 Å². The smallest absolute Gasteiger partial charge is 0.236 e. The molecule has 6 heteroatoms. The molecule has 26 heavy (non-hydrogen) atoms. The van der Waals surface area contributed by atoms with Crippen LogP contribution in [0.15, 0.2) is 0 Å². The first kappa shape index (κ1) is 19.6. The van der Waals surface area contributed by atoms with Gasteiger partial charge in [0.05, 0.1) is 6.54 Å². The third-order valence-electron chi connectivity index (χ3n) is 6.75. The van der Waals surface area contributed by atoms with Crippen LogP contribution in [-0.4, -0.2) is 78.4 Å². The van der Waals surface area contributed by atoms with Crippen molar-refractivity contribution in [1.82, 2.24) is 14.7 Å². The molecule has 2 N–H and O–H groups in total. The van der Waals surface area contributed by atoms with E-state index in [-0.39, 0.29) is 17.9 Å². The van der Waals surface area contributed by atoms with E-state index in [2.05, 4.69) is 4.90 Å². The second-order valence-electron chi connectivity index (χ2n) is 8.51. The van der Waals surface area contributed by atoms with Crippen LogP contribution in [0.4, 0.5) is 0 Å². The molecule has 1 aliphatic heterocycles. The Morgan fingerprint density at radius 1 is 0.962 bits per heavy atom. The van der Waals surface area contributed by atoms with Crippen molar-refractivity contribution in [2.24, 2.45) is 11.7 Å². The van der Waals surface area contributed by atoms with E-state index in [1.807, 2.05) is 16.8 Å². The van der Waals surface area contributed by atoms with Gasteiger partial charge in [-0.2, -0.15) is 0 Å². The van der Waals surface area contributed by atoms with Crippen molar-refractivity contribution in [3.63, 3.8) is 0 Å². The van der Waals surface area contributed by atoms with Crippen LogP contribution in [0.5, 0.6) is 0 Å². The summed E-state index contributed by atoms with van der Waals surface area (Å²) in [5.41, 5.74) is 6.10. The highest BCUT2D eigenvalue weighted by Crippen LogP contribution is 2.27. The number of piperazine rings is 1. The molecule has 148 valence electrons. The SMILES string of the molecule is CN(C(=O)CN1CCN(C(=O)C[C@@H]2CCC[C@H]2N)CC1)C1CCCCC1. The Balaban J connectivity index is 1.39. The summed E-state index contributed by atoms with van der Waals surface area (Å²) < 4.78 is 0. The van der Waals surface area contributed by atoms with Gasteiger partial charge in [0.2, 0.25) is 11.8 Å². The van der Waals surface area contributed by atoms with Gasteiger partial charge in [-0.3, -0.25) is 14.5 Å². The van der Waals surface area contributed by atoms with Gasteiger partial charge < -0.3 is 15.5 Å². The van der Waals surface area contributed by atoms with Crippen LogP contribution >= 0.6 is 0 Å². The summed E-state index contributed by atoms with van der Waals surface area (Å²) in [6.07, 6.45) is 9.99. The van der Waals surface area contributed by atoms with E-state index in [1.54, 1.807) is 0 Å². The van der Waals surface area contributed by atoms with Gasteiger partial charge in [0.15, 0.2) is 0 Å². The van der Waals surface area contributed by atoms with Crippen molar-refractivity contribution in [1.29, 1.82) is 0 Å². The molecule has 0 aromatic rings. The Labute approximate surface area is 158 Å². The number of amides is 2. The second kappa shape index (κ2) is 9.18. The molecule has 2 saturated carbocycles. The summed E-state index contributed by atoms with van der Waals surface area (Å²) in [5.74, 6) is 0.845. The number of hydrogen-bond donors (Lipinski definition) is 1. The fraction of sp³-hybridized carbons (Fsp3) is 0.900. The van der Waals surface area contributed by atoms with Gasteiger partial charge in [0.1, 0.15) is 0 Å². The lowest BCUT2D eigenvalue weighted by molar-refractivity contribution is -0.136. The van der Waals surface area contributed by atoms with Gasteiger partial charge in [0, 0.05) is 51.7 Å². The van der Waals surface area contributed by atoms with E-state index >= 15 is 0 Å². The lowest BCUT2D eigenvalue weighted by Crippen LogP contribution is -2.52. The van der Waals surface area contributed by atoms with Gasteiger partial charge >= 0.3 is 0 Å². The van der Waals surface area contributed by atoms with Gasteiger partial charge in [-0.1, -0.05) is 25.7 Å². The summed E-state index contributed by atoms with van der Waals surface area (Å²) in [5, 5.41) is 0. The maximum absolute atomic E-state index is 12.6. The van der Waals surface area contributed by atoms with Crippen LogP contribution in [0.2, 0.25) is 0 Å². The number of nitrogens with two attached hydrogens (primary N) is 1. The van der Waals surface area contributed by atoms with Crippen molar-refractivity contribution in [3.05, 3.63) is 0 Å². The van der Waals surface area contributed by atoms with Crippen LogP contribution in [0, 0.1) is 5.92 Å². The topological polar surface area (TPSA) is 69.9 Å². The molecular weight excluding hydrogens is 328 g/mol. The maximum Gasteiger partial charge on any atom is 0.236 e. The Morgan fingerprint density at radius 3 is 2.27 bits per heavy atom. The Bertz CT molecular complexity index is 484. The summed E-state index contributed by atoms with van der Waals surface area (Å²) in [6, 6.07) is 0.628. The highest BCUT2D eigenvalue weighted by Gasteiger charge is 2.30. The van der Waals surface area contributed by atoms with Gasteiger partial charge in [0.25, 0.3) is 0 Å². The lowest BCUT2D eigenvalue weighted by atomic mass is 9.94. The molecule has 2 amide bonds. The summed E-state index contributed by atoms with van der Waals surface area (Å²) >= 11 is 0. The third-order valence-corrected chi connectivity index (χ3v) is 6.75. The molecule has 0 aromatic carbocycles.